The SMILES string of the molecule is CN.CN.CN.CN.CN.[Cl-].[Cl-].[Cl][Co+2]. The molecule has 0 aliphatic heterocycles. The number of hydrogen-bond acceptors (Lipinski definition) is 5. The van der Waals surface area contributed by atoms with Crippen molar-refractivity contribution in [1.29, 1.82) is 0 Å². The number of halogens is 3. The van der Waals surface area contributed by atoms with Crippen LogP contribution in [-0.4, -0.2) is 35.2 Å². The van der Waals surface area contributed by atoms with Crippen molar-refractivity contribution in [3.05, 3.63) is 0 Å². The zero-order chi connectivity index (χ0) is 12.0. The van der Waals surface area contributed by atoms with E-state index in [1.165, 1.54) is 35.2 Å². The average Bonchev–Trinajstić information content (AvgIpc) is 2.33. The van der Waals surface area contributed by atoms with Crippen LogP contribution in [0.4, 0.5) is 0 Å². The van der Waals surface area contributed by atoms with E-state index in [9.17, 15) is 0 Å². The Bertz CT molecular complexity index is 25.3. The summed E-state index contributed by atoms with van der Waals surface area (Å²) >= 11 is 3.03. The van der Waals surface area contributed by atoms with Crippen molar-refractivity contribution >= 4 is 10.1 Å². The van der Waals surface area contributed by atoms with Gasteiger partial charge < -0.3 is 53.5 Å². The van der Waals surface area contributed by atoms with Crippen molar-refractivity contribution in [2.24, 2.45) is 28.7 Å². The average molecular weight is 321 g/mol. The van der Waals surface area contributed by atoms with Gasteiger partial charge in [-0.05, 0) is 35.2 Å². The molecule has 0 aliphatic rings. The van der Waals surface area contributed by atoms with Crippen LogP contribution in [0.5, 0.6) is 0 Å². The van der Waals surface area contributed by atoms with E-state index in [0.717, 1.165) is 0 Å². The third-order valence-electron chi connectivity index (χ3n) is 0. The van der Waals surface area contributed by atoms with Crippen molar-refractivity contribution in [3.63, 3.8) is 0 Å². The van der Waals surface area contributed by atoms with Crippen molar-refractivity contribution in [2.75, 3.05) is 35.2 Å². The van der Waals surface area contributed by atoms with Crippen molar-refractivity contribution in [1.82, 2.24) is 0 Å². The Hall–Kier alpha value is 1.18. The molecule has 0 fully saturated rings. The molecular weight excluding hydrogens is 295 g/mol. The Kier molecular flexibility index (Phi) is 7520. The second-order valence-corrected chi connectivity index (χ2v) is 0. The van der Waals surface area contributed by atoms with Gasteiger partial charge in [0.15, 0.2) is 0 Å². The van der Waals surface area contributed by atoms with Gasteiger partial charge in [0, 0.05) is 0 Å². The molecule has 100 valence electrons. The Morgan fingerprint density at radius 3 is 0.500 bits per heavy atom. The third kappa shape index (κ3) is 1410. The van der Waals surface area contributed by atoms with Gasteiger partial charge in [0.1, 0.15) is 0 Å². The van der Waals surface area contributed by atoms with Gasteiger partial charge in [-0.15, -0.1) is 0 Å². The topological polar surface area (TPSA) is 130 Å². The van der Waals surface area contributed by atoms with Crippen LogP contribution in [0.1, 0.15) is 0 Å². The fraction of sp³-hybridized carbons (Fsp3) is 1.00. The van der Waals surface area contributed by atoms with Gasteiger partial charge >= 0.3 is 25.0 Å². The summed E-state index contributed by atoms with van der Waals surface area (Å²) in [6, 6.07) is 0. The molecule has 0 heterocycles. The molecule has 0 aromatic carbocycles. The standard InChI is InChI=1S/5CH5N.3ClH.Co/c5*1-2;;;;/h5*2H2,1H3;3*1H;/q;;;;;;;;+3/p-3. The maximum absolute atomic E-state index is 4.50. The molecule has 5 nitrogen and oxygen atoms in total. The fourth-order valence-corrected chi connectivity index (χ4v) is 0. The quantitative estimate of drug-likeness (QED) is 0.303. The molecule has 0 aromatic rings. The molecule has 0 radical (unpaired) electrons. The van der Waals surface area contributed by atoms with Gasteiger partial charge in [-0.25, -0.2) is 0 Å². The van der Waals surface area contributed by atoms with Crippen LogP contribution >= 0.6 is 10.1 Å². The van der Waals surface area contributed by atoms with Crippen LogP contribution in [0.15, 0.2) is 0 Å². The first kappa shape index (κ1) is 59.2. The zero-order valence-electron chi connectivity index (χ0n) is 9.35. The molecular formula is C5H25Cl3CoN5. The summed E-state index contributed by atoms with van der Waals surface area (Å²) in [7, 11) is 11.8. The molecule has 9 heteroatoms. The van der Waals surface area contributed by atoms with E-state index in [2.05, 4.69) is 53.7 Å². The van der Waals surface area contributed by atoms with Crippen LogP contribution in [-0.2, 0) is 14.8 Å². The summed E-state index contributed by atoms with van der Waals surface area (Å²) in [5, 5.41) is 0. The molecule has 0 saturated carbocycles. The van der Waals surface area contributed by atoms with Crippen LogP contribution in [0, 0.1) is 0 Å². The third-order valence-corrected chi connectivity index (χ3v) is 0. The minimum absolute atomic E-state index is 0. The van der Waals surface area contributed by atoms with Crippen LogP contribution in [0.25, 0.3) is 0 Å². The molecule has 14 heavy (non-hydrogen) atoms. The first-order valence-corrected chi connectivity index (χ1v) is 4.45. The second kappa shape index (κ2) is 1780. The fourth-order valence-electron chi connectivity index (χ4n) is 0. The molecule has 0 saturated heterocycles. The van der Waals surface area contributed by atoms with Crippen LogP contribution in [0.2, 0.25) is 0 Å². The Morgan fingerprint density at radius 2 is 0.500 bits per heavy atom. The van der Waals surface area contributed by atoms with Crippen molar-refractivity contribution < 1.29 is 39.6 Å². The maximum atomic E-state index is 4.50. The Morgan fingerprint density at radius 1 is 0.500 bits per heavy atom. The second-order valence-electron chi connectivity index (χ2n) is 0. The van der Waals surface area contributed by atoms with Crippen LogP contribution < -0.4 is 53.5 Å². The predicted molar refractivity (Wildman–Crippen MR) is 56.4 cm³/mol. The van der Waals surface area contributed by atoms with E-state index >= 15 is 0 Å². The van der Waals surface area contributed by atoms with Crippen LogP contribution in [0.3, 0.4) is 0 Å². The predicted octanol–water partition coefficient (Wildman–Crippen LogP) is -7.43. The molecule has 0 aromatic heterocycles. The van der Waals surface area contributed by atoms with E-state index in [1.807, 2.05) is 0 Å². The molecule has 0 unspecified atom stereocenters. The van der Waals surface area contributed by atoms with E-state index in [1.54, 1.807) is 0 Å². The molecule has 0 bridgehead atoms. The van der Waals surface area contributed by atoms with Crippen molar-refractivity contribution in [3.8, 4) is 0 Å². The van der Waals surface area contributed by atoms with Gasteiger partial charge in [0.25, 0.3) is 0 Å². The summed E-state index contributed by atoms with van der Waals surface area (Å²) in [5.74, 6) is 0. The monoisotopic (exact) mass is 319 g/mol. The summed E-state index contributed by atoms with van der Waals surface area (Å²) < 4.78 is 0. The van der Waals surface area contributed by atoms with Gasteiger partial charge in [0.05, 0.1) is 0 Å². The number of rotatable bonds is 0. The summed E-state index contributed by atoms with van der Waals surface area (Å²) in [5.41, 5.74) is 22.5. The molecule has 0 aliphatic carbocycles. The minimum atomic E-state index is 0. The normalized spacial score (nSPS) is 2.57. The summed E-state index contributed by atoms with van der Waals surface area (Å²) in [6.07, 6.45) is 0. The van der Waals surface area contributed by atoms with E-state index in [0.29, 0.717) is 0 Å². The molecule has 10 N–H and O–H groups in total. The molecule has 0 atom stereocenters. The van der Waals surface area contributed by atoms with Gasteiger partial charge in [-0.1, -0.05) is 0 Å². The first-order valence-electron chi connectivity index (χ1n) is 3.01. The number of nitrogens with two attached hydrogens (primary N) is 5. The summed E-state index contributed by atoms with van der Waals surface area (Å²) in [6.45, 7) is 0. The Balaban J connectivity index is -0.00000000500. The van der Waals surface area contributed by atoms with Gasteiger partial charge in [0.2, 0.25) is 0 Å². The molecule has 0 amide bonds. The van der Waals surface area contributed by atoms with Crippen molar-refractivity contribution in [2.45, 2.75) is 0 Å². The van der Waals surface area contributed by atoms with E-state index in [-0.39, 0.29) is 24.8 Å². The summed E-state index contributed by atoms with van der Waals surface area (Å²) in [4.78, 5) is 0. The Labute approximate surface area is 113 Å². The molecule has 0 rings (SSSR count). The van der Waals surface area contributed by atoms with Gasteiger partial charge in [-0.2, -0.15) is 0 Å². The number of hydrogen-bond donors (Lipinski definition) is 5. The van der Waals surface area contributed by atoms with E-state index in [4.69, 9.17) is 0 Å². The van der Waals surface area contributed by atoms with E-state index < -0.39 is 0 Å². The zero-order valence-corrected chi connectivity index (χ0v) is 12.7. The first-order chi connectivity index (χ1) is 6.00. The molecule has 0 spiro atoms. The van der Waals surface area contributed by atoms with Gasteiger partial charge in [-0.3, -0.25) is 0 Å².